The number of carboxylic acid groups (broad SMARTS) is 1. The number of nitrogens with zero attached hydrogens (tertiary/aromatic N) is 2. The Morgan fingerprint density at radius 3 is 2.58 bits per heavy atom. The van der Waals surface area contributed by atoms with Crippen LogP contribution in [0.3, 0.4) is 0 Å². The monoisotopic (exact) mass is 270 g/mol. The van der Waals surface area contributed by atoms with E-state index in [9.17, 15) is 9.59 Å². The van der Waals surface area contributed by atoms with Crippen LogP contribution >= 0.6 is 0 Å². The fourth-order valence-corrected chi connectivity index (χ4v) is 2.84. The normalized spacial score (nSPS) is 21.0. The molecule has 5 heteroatoms. The Balaban J connectivity index is 2.73. The van der Waals surface area contributed by atoms with Gasteiger partial charge in [0, 0.05) is 25.2 Å². The van der Waals surface area contributed by atoms with E-state index in [0.717, 1.165) is 25.8 Å². The molecule has 2 unspecified atom stereocenters. The van der Waals surface area contributed by atoms with Crippen molar-refractivity contribution in [1.82, 2.24) is 9.80 Å². The second-order valence-corrected chi connectivity index (χ2v) is 5.27. The Hall–Kier alpha value is -1.26. The van der Waals surface area contributed by atoms with Crippen molar-refractivity contribution in [3.8, 4) is 0 Å². The fraction of sp³-hybridized carbons (Fsp3) is 0.857. The van der Waals surface area contributed by atoms with Crippen LogP contribution in [0.2, 0.25) is 0 Å². The molecule has 19 heavy (non-hydrogen) atoms. The van der Waals surface area contributed by atoms with Crippen LogP contribution in [0.4, 0.5) is 4.79 Å². The van der Waals surface area contributed by atoms with Crippen LogP contribution in [0.1, 0.15) is 52.9 Å². The number of carbonyl (C=O) groups is 2. The number of hydrogen-bond donors (Lipinski definition) is 1. The first-order chi connectivity index (χ1) is 9.01. The second-order valence-electron chi connectivity index (χ2n) is 5.27. The Morgan fingerprint density at radius 1 is 1.37 bits per heavy atom. The van der Waals surface area contributed by atoms with Gasteiger partial charge in [-0.1, -0.05) is 6.92 Å². The van der Waals surface area contributed by atoms with Crippen LogP contribution < -0.4 is 0 Å². The number of hydrogen-bond acceptors (Lipinski definition) is 2. The third kappa shape index (κ3) is 4.11. The van der Waals surface area contributed by atoms with E-state index in [1.807, 2.05) is 11.8 Å². The van der Waals surface area contributed by atoms with E-state index in [0.29, 0.717) is 12.6 Å². The van der Waals surface area contributed by atoms with Crippen molar-refractivity contribution in [3.05, 3.63) is 0 Å². The van der Waals surface area contributed by atoms with E-state index in [1.165, 1.54) is 6.42 Å². The molecule has 0 aromatic heterocycles. The molecule has 0 aromatic carbocycles. The molecule has 110 valence electrons. The summed E-state index contributed by atoms with van der Waals surface area (Å²) in [4.78, 5) is 27.0. The summed E-state index contributed by atoms with van der Waals surface area (Å²) in [5.74, 6) is -0.857. The molecule has 1 saturated heterocycles. The highest BCUT2D eigenvalue weighted by atomic mass is 16.4. The summed E-state index contributed by atoms with van der Waals surface area (Å²) in [6.07, 6.45) is 4.26. The third-order valence-electron chi connectivity index (χ3n) is 3.93. The largest absolute Gasteiger partial charge is 0.481 e. The van der Waals surface area contributed by atoms with Crippen LogP contribution in [0.5, 0.6) is 0 Å². The van der Waals surface area contributed by atoms with Gasteiger partial charge in [0.25, 0.3) is 0 Å². The topological polar surface area (TPSA) is 60.9 Å². The molecule has 2 amide bonds. The summed E-state index contributed by atoms with van der Waals surface area (Å²) >= 11 is 0. The maximum absolute atomic E-state index is 12.6. The Kier molecular flexibility index (Phi) is 6.12. The van der Waals surface area contributed by atoms with Crippen molar-refractivity contribution in [2.75, 3.05) is 13.1 Å². The van der Waals surface area contributed by atoms with E-state index in [2.05, 4.69) is 6.92 Å². The maximum atomic E-state index is 12.6. The Bertz CT molecular complexity index is 320. The SMILES string of the molecule is CCC1CCCCN1C(=O)N(CC)C(C)CC(=O)O. The molecular weight excluding hydrogens is 244 g/mol. The molecule has 1 heterocycles. The van der Waals surface area contributed by atoms with Crippen molar-refractivity contribution in [2.24, 2.45) is 0 Å². The van der Waals surface area contributed by atoms with Gasteiger partial charge >= 0.3 is 12.0 Å². The lowest BCUT2D eigenvalue weighted by molar-refractivity contribution is -0.138. The van der Waals surface area contributed by atoms with Gasteiger partial charge in [0.15, 0.2) is 0 Å². The molecule has 2 atom stereocenters. The van der Waals surface area contributed by atoms with Crippen LogP contribution in [0, 0.1) is 0 Å². The average molecular weight is 270 g/mol. The van der Waals surface area contributed by atoms with Gasteiger partial charge in [0.1, 0.15) is 0 Å². The molecule has 0 aliphatic carbocycles. The molecule has 5 nitrogen and oxygen atoms in total. The zero-order valence-electron chi connectivity index (χ0n) is 12.3. The molecule has 0 saturated carbocycles. The smallest absolute Gasteiger partial charge is 0.320 e. The first kappa shape index (κ1) is 15.8. The number of rotatable bonds is 5. The Morgan fingerprint density at radius 2 is 2.05 bits per heavy atom. The highest BCUT2D eigenvalue weighted by Crippen LogP contribution is 2.22. The molecule has 1 aliphatic heterocycles. The molecule has 0 bridgehead atoms. The zero-order chi connectivity index (χ0) is 14.4. The van der Waals surface area contributed by atoms with Crippen LogP contribution in [-0.2, 0) is 4.79 Å². The molecule has 0 spiro atoms. The van der Waals surface area contributed by atoms with Crippen molar-refractivity contribution >= 4 is 12.0 Å². The number of aliphatic carboxylic acids is 1. The van der Waals surface area contributed by atoms with Crippen molar-refractivity contribution in [3.63, 3.8) is 0 Å². The van der Waals surface area contributed by atoms with E-state index >= 15 is 0 Å². The van der Waals surface area contributed by atoms with Crippen LogP contribution in [0.15, 0.2) is 0 Å². The standard InChI is InChI=1S/C14H26N2O3/c1-4-12-8-6-7-9-16(12)14(19)15(5-2)11(3)10-13(17)18/h11-12H,4-10H2,1-3H3,(H,17,18). The molecule has 1 rings (SSSR count). The number of piperidine rings is 1. The minimum absolute atomic E-state index is 0.00259. The van der Waals surface area contributed by atoms with Gasteiger partial charge in [-0.15, -0.1) is 0 Å². The predicted molar refractivity (Wildman–Crippen MR) is 74.1 cm³/mol. The predicted octanol–water partition coefficient (Wildman–Crippen LogP) is 2.56. The number of carbonyl (C=O) groups excluding carboxylic acids is 1. The van der Waals surface area contributed by atoms with Gasteiger partial charge in [0.2, 0.25) is 0 Å². The highest BCUT2D eigenvalue weighted by Gasteiger charge is 2.30. The van der Waals surface area contributed by atoms with Gasteiger partial charge in [-0.3, -0.25) is 4.79 Å². The third-order valence-corrected chi connectivity index (χ3v) is 3.93. The van der Waals surface area contributed by atoms with Gasteiger partial charge in [0.05, 0.1) is 6.42 Å². The van der Waals surface area contributed by atoms with Gasteiger partial charge < -0.3 is 14.9 Å². The highest BCUT2D eigenvalue weighted by molar-refractivity contribution is 5.76. The summed E-state index contributed by atoms with van der Waals surface area (Å²) in [5, 5.41) is 8.87. The van der Waals surface area contributed by atoms with E-state index in [-0.39, 0.29) is 18.5 Å². The van der Waals surface area contributed by atoms with E-state index < -0.39 is 5.97 Å². The van der Waals surface area contributed by atoms with E-state index in [1.54, 1.807) is 11.8 Å². The summed E-state index contributed by atoms with van der Waals surface area (Å²) in [6.45, 7) is 7.17. The van der Waals surface area contributed by atoms with Crippen molar-refractivity contribution in [1.29, 1.82) is 0 Å². The molecule has 1 fully saturated rings. The van der Waals surface area contributed by atoms with Crippen molar-refractivity contribution < 1.29 is 14.7 Å². The summed E-state index contributed by atoms with van der Waals surface area (Å²) in [6, 6.07) is 0.0598. The van der Waals surface area contributed by atoms with Gasteiger partial charge in [-0.25, -0.2) is 4.79 Å². The zero-order valence-corrected chi connectivity index (χ0v) is 12.3. The first-order valence-corrected chi connectivity index (χ1v) is 7.30. The minimum Gasteiger partial charge on any atom is -0.481 e. The average Bonchev–Trinajstić information content (AvgIpc) is 2.38. The Labute approximate surface area is 115 Å². The van der Waals surface area contributed by atoms with Crippen LogP contribution in [-0.4, -0.2) is 52.1 Å². The lowest BCUT2D eigenvalue weighted by Crippen LogP contribution is -2.52. The molecular formula is C14H26N2O3. The molecule has 0 aromatic rings. The lowest BCUT2D eigenvalue weighted by atomic mass is 10.0. The first-order valence-electron chi connectivity index (χ1n) is 7.30. The number of likely N-dealkylation sites (tertiary alicyclic amines) is 1. The quantitative estimate of drug-likeness (QED) is 0.835. The fourth-order valence-electron chi connectivity index (χ4n) is 2.84. The molecule has 1 aliphatic rings. The maximum Gasteiger partial charge on any atom is 0.320 e. The van der Waals surface area contributed by atoms with Gasteiger partial charge in [-0.2, -0.15) is 0 Å². The number of urea groups is 1. The minimum atomic E-state index is -0.857. The summed E-state index contributed by atoms with van der Waals surface area (Å²) < 4.78 is 0. The molecule has 0 radical (unpaired) electrons. The van der Waals surface area contributed by atoms with E-state index in [4.69, 9.17) is 5.11 Å². The lowest BCUT2D eigenvalue weighted by Gasteiger charge is -2.40. The second kappa shape index (κ2) is 7.36. The number of amides is 2. The number of carboxylic acids is 1. The van der Waals surface area contributed by atoms with Crippen LogP contribution in [0.25, 0.3) is 0 Å². The van der Waals surface area contributed by atoms with Crippen molar-refractivity contribution in [2.45, 2.75) is 65.0 Å². The van der Waals surface area contributed by atoms with Gasteiger partial charge in [-0.05, 0) is 39.5 Å². The molecule has 1 N–H and O–H groups in total. The summed E-state index contributed by atoms with van der Waals surface area (Å²) in [5.41, 5.74) is 0. The summed E-state index contributed by atoms with van der Waals surface area (Å²) in [7, 11) is 0.